The van der Waals surface area contributed by atoms with E-state index in [0.29, 0.717) is 11.5 Å². The monoisotopic (exact) mass is 267 g/mol. The number of nitrogens with zero attached hydrogens (tertiary/aromatic N) is 4. The van der Waals surface area contributed by atoms with Gasteiger partial charge in [0.05, 0.1) is 6.61 Å². The summed E-state index contributed by atoms with van der Waals surface area (Å²) in [5.74, 6) is 0.609. The van der Waals surface area contributed by atoms with Crippen molar-refractivity contribution in [2.75, 3.05) is 12.3 Å². The van der Waals surface area contributed by atoms with Crippen molar-refractivity contribution in [2.24, 2.45) is 0 Å². The normalized spacial score (nSPS) is 31.1. The first-order valence-corrected chi connectivity index (χ1v) is 5.69. The van der Waals surface area contributed by atoms with Crippen LogP contribution in [0.1, 0.15) is 6.23 Å². The molecule has 0 saturated carbocycles. The van der Waals surface area contributed by atoms with Crippen molar-refractivity contribution in [3.8, 4) is 11.5 Å². The predicted molar refractivity (Wildman–Crippen MR) is 61.9 cm³/mol. The Kier molecular flexibility index (Phi) is 2.82. The molecule has 1 fully saturated rings. The average molecular weight is 267 g/mol. The first-order valence-electron chi connectivity index (χ1n) is 5.69. The Labute approximate surface area is 107 Å². The summed E-state index contributed by atoms with van der Waals surface area (Å²) in [6.07, 6.45) is -1.47. The third-order valence-electron chi connectivity index (χ3n) is 3.18. The lowest BCUT2D eigenvalue weighted by Crippen LogP contribution is -2.33. The summed E-state index contributed by atoms with van der Waals surface area (Å²) in [6.45, 7) is -0.395. The molecule has 3 aliphatic rings. The number of aliphatic hydroxyl groups is 3. The zero-order valence-electron chi connectivity index (χ0n) is 9.79. The molecule has 0 bridgehead atoms. The van der Waals surface area contributed by atoms with E-state index in [9.17, 15) is 10.2 Å². The number of imidazole rings is 1. The van der Waals surface area contributed by atoms with Gasteiger partial charge in [0.1, 0.15) is 36.7 Å². The first-order chi connectivity index (χ1) is 9.13. The molecule has 5 N–H and O–H groups in total. The van der Waals surface area contributed by atoms with Crippen LogP contribution in [0.15, 0.2) is 12.7 Å². The summed E-state index contributed by atoms with van der Waals surface area (Å²) in [7, 11) is 0. The van der Waals surface area contributed by atoms with Gasteiger partial charge >= 0.3 is 0 Å². The number of rotatable bonds is 2. The van der Waals surface area contributed by atoms with Crippen molar-refractivity contribution in [1.29, 1.82) is 0 Å². The topological polar surface area (TPSA) is 140 Å². The van der Waals surface area contributed by atoms with Crippen LogP contribution in [0.5, 0.6) is 0 Å². The third-order valence-corrected chi connectivity index (χ3v) is 3.18. The molecule has 0 aromatic rings. The van der Waals surface area contributed by atoms with Crippen molar-refractivity contribution in [1.82, 2.24) is 19.5 Å². The predicted octanol–water partition coefficient (Wildman–Crippen LogP) is -2.03. The summed E-state index contributed by atoms with van der Waals surface area (Å²) in [5.41, 5.74) is 6.05. The smallest absolute Gasteiger partial charge is 0.167 e. The minimum atomic E-state index is -1.20. The number of anilines is 1. The van der Waals surface area contributed by atoms with E-state index in [1.165, 1.54) is 17.2 Å². The second-order valence-corrected chi connectivity index (χ2v) is 4.31. The van der Waals surface area contributed by atoms with Crippen LogP contribution in [0.3, 0.4) is 0 Å². The second-order valence-electron chi connectivity index (χ2n) is 4.31. The van der Waals surface area contributed by atoms with Gasteiger partial charge in [-0.15, -0.1) is 0 Å². The Hall–Kier alpha value is -1.81. The molecule has 0 radical (unpaired) electrons. The molecule has 3 aliphatic heterocycles. The fraction of sp³-hybridized carbons (Fsp3) is 0.500. The lowest BCUT2D eigenvalue weighted by molar-refractivity contribution is -0.0529. The van der Waals surface area contributed by atoms with Crippen molar-refractivity contribution in [3.05, 3.63) is 12.7 Å². The van der Waals surface area contributed by atoms with Crippen molar-refractivity contribution in [2.45, 2.75) is 24.5 Å². The highest BCUT2D eigenvalue weighted by atomic mass is 16.6. The molecule has 102 valence electrons. The number of hydrogen-bond acceptors (Lipinski definition) is 8. The van der Waals surface area contributed by atoms with Crippen molar-refractivity contribution >= 4 is 5.82 Å². The molecule has 9 nitrogen and oxygen atoms in total. The molecule has 9 heteroatoms. The van der Waals surface area contributed by atoms with Crippen LogP contribution < -0.4 is 5.73 Å². The van der Waals surface area contributed by atoms with Gasteiger partial charge in [-0.2, -0.15) is 0 Å². The number of hydrogen-bond donors (Lipinski definition) is 4. The molecule has 4 atom stereocenters. The SMILES string of the molecule is Nc1ncn(C2O[C@H](CO)[C@@H](O)[C@@H]2O)c2ncnc1-2. The van der Waals surface area contributed by atoms with E-state index < -0.39 is 31.1 Å². The van der Waals surface area contributed by atoms with Gasteiger partial charge in [-0.25, -0.2) is 15.0 Å². The maximum atomic E-state index is 9.96. The van der Waals surface area contributed by atoms with Gasteiger partial charge in [0.25, 0.3) is 0 Å². The number of ether oxygens (including phenoxy) is 1. The van der Waals surface area contributed by atoms with Crippen LogP contribution in [0.2, 0.25) is 0 Å². The molecule has 0 aliphatic carbocycles. The van der Waals surface area contributed by atoms with Gasteiger partial charge in [-0.05, 0) is 0 Å². The van der Waals surface area contributed by atoms with Crippen LogP contribution in [0.25, 0.3) is 11.5 Å². The Bertz CT molecular complexity index is 561. The fourth-order valence-electron chi connectivity index (χ4n) is 2.17. The molecule has 0 aromatic heterocycles. The molecule has 19 heavy (non-hydrogen) atoms. The molecule has 1 unspecified atom stereocenters. The van der Waals surface area contributed by atoms with Gasteiger partial charge in [-0.3, -0.25) is 4.57 Å². The van der Waals surface area contributed by atoms with Crippen LogP contribution in [0, 0.1) is 0 Å². The highest BCUT2D eigenvalue weighted by molar-refractivity contribution is 5.64. The standard InChI is InChI=1S/C10H13N5O4/c11-8-5-9(13-2-12-5)15(3-14-8)10-7(18)6(17)4(1-16)19-10/h2-4,6-7,10,16-18H,1,11H2/t4-,6-,7+,10?/m1/s1. The Morgan fingerprint density at radius 3 is 2.74 bits per heavy atom. The van der Waals surface area contributed by atoms with E-state index in [1.54, 1.807) is 0 Å². The average Bonchev–Trinajstić information content (AvgIpc) is 2.99. The fourth-order valence-corrected chi connectivity index (χ4v) is 2.17. The van der Waals surface area contributed by atoms with E-state index in [0.717, 1.165) is 0 Å². The molecule has 3 rings (SSSR count). The van der Waals surface area contributed by atoms with E-state index in [2.05, 4.69) is 15.0 Å². The minimum absolute atomic E-state index is 0.218. The van der Waals surface area contributed by atoms with Gasteiger partial charge in [-0.1, -0.05) is 0 Å². The van der Waals surface area contributed by atoms with Crippen LogP contribution in [-0.2, 0) is 4.74 Å². The van der Waals surface area contributed by atoms with Crippen molar-refractivity contribution < 1.29 is 20.1 Å². The third kappa shape index (κ3) is 1.75. The summed E-state index contributed by atoms with van der Waals surface area (Å²) in [5, 5.41) is 28.8. The maximum Gasteiger partial charge on any atom is 0.167 e. The van der Waals surface area contributed by atoms with E-state index in [4.69, 9.17) is 15.6 Å². The van der Waals surface area contributed by atoms with Gasteiger partial charge in [0, 0.05) is 0 Å². The van der Waals surface area contributed by atoms with Crippen molar-refractivity contribution in [3.63, 3.8) is 0 Å². The number of nitrogen functional groups attached to an aromatic ring is 1. The Morgan fingerprint density at radius 2 is 2.05 bits per heavy atom. The molecular formula is C10H13N5O4. The molecule has 0 amide bonds. The molecule has 0 spiro atoms. The highest BCUT2D eigenvalue weighted by Gasteiger charge is 2.44. The van der Waals surface area contributed by atoms with Crippen LogP contribution in [-0.4, -0.2) is 59.8 Å². The zero-order valence-corrected chi connectivity index (χ0v) is 9.79. The second kappa shape index (κ2) is 4.38. The molecular weight excluding hydrogens is 254 g/mol. The van der Waals surface area contributed by atoms with E-state index in [-0.39, 0.29) is 5.82 Å². The quantitative estimate of drug-likeness (QED) is 0.488. The van der Waals surface area contributed by atoms with Gasteiger partial charge < -0.3 is 25.8 Å². The van der Waals surface area contributed by atoms with E-state index >= 15 is 0 Å². The highest BCUT2D eigenvalue weighted by Crippen LogP contribution is 2.33. The van der Waals surface area contributed by atoms with Crippen LogP contribution >= 0.6 is 0 Å². The minimum Gasteiger partial charge on any atom is -0.394 e. The lowest BCUT2D eigenvalue weighted by Gasteiger charge is -2.20. The molecule has 1 saturated heterocycles. The Balaban J connectivity index is 2.02. The number of nitrogens with two attached hydrogens (primary N) is 1. The Morgan fingerprint density at radius 1 is 1.26 bits per heavy atom. The molecule has 0 aromatic carbocycles. The number of aliphatic hydroxyl groups excluding tert-OH is 3. The van der Waals surface area contributed by atoms with E-state index in [1.807, 2.05) is 0 Å². The lowest BCUT2D eigenvalue weighted by atomic mass is 10.1. The summed E-state index contributed by atoms with van der Waals surface area (Å²) >= 11 is 0. The summed E-state index contributed by atoms with van der Waals surface area (Å²) in [4.78, 5) is 11.9. The summed E-state index contributed by atoms with van der Waals surface area (Å²) < 4.78 is 6.84. The first kappa shape index (κ1) is 12.2. The zero-order chi connectivity index (χ0) is 13.6. The largest absolute Gasteiger partial charge is 0.394 e. The van der Waals surface area contributed by atoms with Gasteiger partial charge in [0.15, 0.2) is 17.9 Å². The van der Waals surface area contributed by atoms with Gasteiger partial charge in [0.2, 0.25) is 0 Å². The maximum absolute atomic E-state index is 9.96. The van der Waals surface area contributed by atoms with Crippen LogP contribution in [0.4, 0.5) is 5.82 Å². The number of fused-ring (bicyclic) bond motifs is 1. The number of aromatic nitrogens is 4. The molecule has 3 heterocycles. The summed E-state index contributed by atoms with van der Waals surface area (Å²) in [6, 6.07) is 0.